The molecule has 0 aliphatic heterocycles. The van der Waals surface area contributed by atoms with Crippen molar-refractivity contribution in [1.82, 2.24) is 5.32 Å². The molecular formula is C15H23NO3. The number of aliphatic carboxylic acids is 1. The summed E-state index contributed by atoms with van der Waals surface area (Å²) in [6.07, 6.45) is 1.76. The van der Waals surface area contributed by atoms with Gasteiger partial charge in [-0.3, -0.25) is 0 Å². The number of ether oxygens (including phenoxy) is 1. The minimum atomic E-state index is -0.922. The van der Waals surface area contributed by atoms with E-state index in [1.807, 2.05) is 31.3 Å². The lowest BCUT2D eigenvalue weighted by Crippen LogP contribution is -2.25. The highest BCUT2D eigenvalue weighted by Crippen LogP contribution is 2.16. The van der Waals surface area contributed by atoms with Gasteiger partial charge in [-0.2, -0.15) is 0 Å². The SMILES string of the molecule is CCC(Oc1ccc(CCC(C)NC)cc1)C(=O)O. The van der Waals surface area contributed by atoms with Crippen molar-refractivity contribution < 1.29 is 14.6 Å². The predicted molar refractivity (Wildman–Crippen MR) is 75.6 cm³/mol. The van der Waals surface area contributed by atoms with Gasteiger partial charge in [0, 0.05) is 6.04 Å². The lowest BCUT2D eigenvalue weighted by molar-refractivity contribution is -0.145. The van der Waals surface area contributed by atoms with Gasteiger partial charge in [0.25, 0.3) is 0 Å². The van der Waals surface area contributed by atoms with E-state index in [-0.39, 0.29) is 0 Å². The Morgan fingerprint density at radius 1 is 1.37 bits per heavy atom. The molecule has 1 aromatic rings. The molecule has 0 saturated carbocycles. The van der Waals surface area contributed by atoms with Crippen LogP contribution in [0.15, 0.2) is 24.3 Å². The fraction of sp³-hybridized carbons (Fsp3) is 0.533. The second kappa shape index (κ2) is 7.79. The van der Waals surface area contributed by atoms with Crippen LogP contribution in [-0.2, 0) is 11.2 Å². The number of hydrogen-bond donors (Lipinski definition) is 2. The number of carboxylic acids is 1. The number of rotatable bonds is 8. The van der Waals surface area contributed by atoms with Crippen molar-refractivity contribution in [2.24, 2.45) is 0 Å². The van der Waals surface area contributed by atoms with E-state index in [0.717, 1.165) is 12.8 Å². The molecule has 0 amide bonds. The zero-order chi connectivity index (χ0) is 14.3. The van der Waals surface area contributed by atoms with Crippen molar-refractivity contribution >= 4 is 5.97 Å². The number of carbonyl (C=O) groups is 1. The molecule has 4 nitrogen and oxygen atoms in total. The Labute approximate surface area is 114 Å². The lowest BCUT2D eigenvalue weighted by atomic mass is 10.1. The minimum absolute atomic E-state index is 0.455. The largest absolute Gasteiger partial charge is 0.479 e. The second-order valence-corrected chi connectivity index (χ2v) is 4.73. The number of benzene rings is 1. The number of hydrogen-bond acceptors (Lipinski definition) is 3. The van der Waals surface area contributed by atoms with Crippen molar-refractivity contribution in [3.05, 3.63) is 29.8 Å². The zero-order valence-corrected chi connectivity index (χ0v) is 11.8. The molecule has 19 heavy (non-hydrogen) atoms. The summed E-state index contributed by atoms with van der Waals surface area (Å²) in [4.78, 5) is 10.9. The molecule has 1 aromatic carbocycles. The van der Waals surface area contributed by atoms with Gasteiger partial charge in [0.1, 0.15) is 5.75 Å². The Hall–Kier alpha value is -1.55. The maximum Gasteiger partial charge on any atom is 0.344 e. The van der Waals surface area contributed by atoms with Crippen molar-refractivity contribution in [3.63, 3.8) is 0 Å². The molecule has 0 aromatic heterocycles. The first-order valence-electron chi connectivity index (χ1n) is 6.72. The molecule has 0 saturated heterocycles. The summed E-state index contributed by atoms with van der Waals surface area (Å²) in [6.45, 7) is 3.95. The molecule has 0 fully saturated rings. The molecule has 106 valence electrons. The van der Waals surface area contributed by atoms with Crippen LogP contribution in [-0.4, -0.2) is 30.3 Å². The molecule has 0 aliphatic carbocycles. The van der Waals surface area contributed by atoms with Crippen molar-refractivity contribution in [3.8, 4) is 5.75 Å². The van der Waals surface area contributed by atoms with E-state index in [1.165, 1.54) is 5.56 Å². The van der Waals surface area contributed by atoms with Gasteiger partial charge in [-0.15, -0.1) is 0 Å². The van der Waals surface area contributed by atoms with E-state index in [9.17, 15) is 4.79 Å². The van der Waals surface area contributed by atoms with E-state index in [0.29, 0.717) is 18.2 Å². The Morgan fingerprint density at radius 3 is 2.47 bits per heavy atom. The van der Waals surface area contributed by atoms with E-state index in [2.05, 4.69) is 12.2 Å². The normalized spacial score (nSPS) is 13.8. The third-order valence-electron chi connectivity index (χ3n) is 3.21. The third kappa shape index (κ3) is 5.30. The van der Waals surface area contributed by atoms with Crippen molar-refractivity contribution in [2.75, 3.05) is 7.05 Å². The maximum absolute atomic E-state index is 10.9. The quantitative estimate of drug-likeness (QED) is 0.758. The molecule has 2 atom stereocenters. The average molecular weight is 265 g/mol. The lowest BCUT2D eigenvalue weighted by Gasteiger charge is -2.14. The van der Waals surface area contributed by atoms with Crippen LogP contribution in [0.2, 0.25) is 0 Å². The van der Waals surface area contributed by atoms with E-state index < -0.39 is 12.1 Å². The van der Waals surface area contributed by atoms with Gasteiger partial charge < -0.3 is 15.2 Å². The van der Waals surface area contributed by atoms with Crippen LogP contribution >= 0.6 is 0 Å². The van der Waals surface area contributed by atoms with Crippen LogP contribution in [0.25, 0.3) is 0 Å². The van der Waals surface area contributed by atoms with Gasteiger partial charge in [0.15, 0.2) is 6.10 Å². The Morgan fingerprint density at radius 2 is 2.00 bits per heavy atom. The van der Waals surface area contributed by atoms with Crippen LogP contribution in [0, 0.1) is 0 Å². The first kappa shape index (κ1) is 15.5. The van der Waals surface area contributed by atoms with Crippen molar-refractivity contribution in [2.45, 2.75) is 45.3 Å². The van der Waals surface area contributed by atoms with E-state index >= 15 is 0 Å². The second-order valence-electron chi connectivity index (χ2n) is 4.73. The van der Waals surface area contributed by atoms with Crippen LogP contribution in [0.4, 0.5) is 0 Å². The maximum atomic E-state index is 10.9. The highest BCUT2D eigenvalue weighted by Gasteiger charge is 2.16. The topological polar surface area (TPSA) is 58.6 Å². The first-order chi connectivity index (χ1) is 9.06. The highest BCUT2D eigenvalue weighted by molar-refractivity contribution is 5.72. The molecular weight excluding hydrogens is 242 g/mol. The van der Waals surface area contributed by atoms with E-state index in [1.54, 1.807) is 6.92 Å². The highest BCUT2D eigenvalue weighted by atomic mass is 16.5. The van der Waals surface area contributed by atoms with Crippen LogP contribution in [0.3, 0.4) is 0 Å². The molecule has 0 radical (unpaired) electrons. The Kier molecular flexibility index (Phi) is 6.36. The van der Waals surface area contributed by atoms with Crippen LogP contribution < -0.4 is 10.1 Å². The first-order valence-corrected chi connectivity index (χ1v) is 6.72. The van der Waals surface area contributed by atoms with Gasteiger partial charge in [0.2, 0.25) is 0 Å². The summed E-state index contributed by atoms with van der Waals surface area (Å²) in [7, 11) is 1.96. The molecule has 0 aliphatic rings. The van der Waals surface area contributed by atoms with Gasteiger partial charge in [0.05, 0.1) is 0 Å². The number of aryl methyl sites for hydroxylation is 1. The fourth-order valence-corrected chi connectivity index (χ4v) is 1.73. The Bertz CT molecular complexity index is 389. The molecule has 0 bridgehead atoms. The average Bonchev–Trinajstić information content (AvgIpc) is 2.42. The minimum Gasteiger partial charge on any atom is -0.479 e. The van der Waals surface area contributed by atoms with Crippen molar-refractivity contribution in [1.29, 1.82) is 0 Å². The standard InChI is InChI=1S/C15H23NO3/c1-4-14(15(17)18)19-13-9-7-12(8-10-13)6-5-11(2)16-3/h7-11,14,16H,4-6H2,1-3H3,(H,17,18). The Balaban J connectivity index is 2.53. The zero-order valence-electron chi connectivity index (χ0n) is 11.8. The predicted octanol–water partition coefficient (Wildman–Crippen LogP) is 2.47. The smallest absolute Gasteiger partial charge is 0.344 e. The number of carboxylic acid groups (broad SMARTS) is 1. The summed E-state index contributed by atoms with van der Waals surface area (Å²) < 4.78 is 5.41. The summed E-state index contributed by atoms with van der Waals surface area (Å²) in [5.41, 5.74) is 1.23. The summed E-state index contributed by atoms with van der Waals surface area (Å²) in [5, 5.41) is 12.1. The van der Waals surface area contributed by atoms with Gasteiger partial charge in [-0.25, -0.2) is 4.79 Å². The molecule has 2 N–H and O–H groups in total. The summed E-state index contributed by atoms with van der Waals surface area (Å²) in [6, 6.07) is 8.15. The van der Waals surface area contributed by atoms with Gasteiger partial charge in [-0.1, -0.05) is 19.1 Å². The van der Waals surface area contributed by atoms with Crippen LogP contribution in [0.1, 0.15) is 32.3 Å². The monoisotopic (exact) mass is 265 g/mol. The van der Waals surface area contributed by atoms with Crippen LogP contribution in [0.5, 0.6) is 5.75 Å². The third-order valence-corrected chi connectivity index (χ3v) is 3.21. The summed E-state index contributed by atoms with van der Waals surface area (Å²) >= 11 is 0. The molecule has 1 rings (SSSR count). The van der Waals surface area contributed by atoms with Gasteiger partial charge in [-0.05, 0) is 50.9 Å². The van der Waals surface area contributed by atoms with E-state index in [4.69, 9.17) is 9.84 Å². The summed E-state index contributed by atoms with van der Waals surface area (Å²) in [5.74, 6) is -0.311. The molecule has 0 spiro atoms. The van der Waals surface area contributed by atoms with Gasteiger partial charge >= 0.3 is 5.97 Å². The number of nitrogens with one attached hydrogen (secondary N) is 1. The fourth-order valence-electron chi connectivity index (χ4n) is 1.73. The molecule has 4 heteroatoms. The molecule has 2 unspecified atom stereocenters. The molecule has 0 heterocycles.